The maximum absolute atomic E-state index is 8.45. The number of aryl methyl sites for hydroxylation is 3. The second kappa shape index (κ2) is 6.42. The topological polar surface area (TPSA) is 118 Å². The van der Waals surface area contributed by atoms with Crippen molar-refractivity contribution in [2.75, 3.05) is 5.73 Å². The highest BCUT2D eigenvalue weighted by molar-refractivity contribution is 5.74. The maximum atomic E-state index is 8.45. The summed E-state index contributed by atoms with van der Waals surface area (Å²) in [5.41, 5.74) is 20.6. The van der Waals surface area contributed by atoms with E-state index in [1.54, 1.807) is 0 Å². The summed E-state index contributed by atoms with van der Waals surface area (Å²) in [6, 6.07) is 10.0. The third-order valence-electron chi connectivity index (χ3n) is 4.46. The minimum Gasteiger partial charge on any atom is -0.424 e. The van der Waals surface area contributed by atoms with Crippen LogP contribution in [0.3, 0.4) is 0 Å². The molecule has 8 heteroatoms. The number of hydrogen-bond donors (Lipinski definition) is 1. The molecule has 0 aliphatic carbocycles. The summed E-state index contributed by atoms with van der Waals surface area (Å²) >= 11 is 0. The molecule has 130 valence electrons. The lowest BCUT2D eigenvalue weighted by atomic mass is 10.1. The van der Waals surface area contributed by atoms with Gasteiger partial charge in [0, 0.05) is 16.8 Å². The van der Waals surface area contributed by atoms with Crippen LogP contribution < -0.4 is 5.73 Å². The standard InChI is InChI=1S/C18H17N7O/c1-11-14(22-17-9-13(10-21-24-20)6-7-25(11)17)4-2-12-3-5-15-16(8-12)26-18(19)23-15/h3,5-9H,2,4,10H2,1H3,(H2,19,23). The number of benzene rings is 1. The summed E-state index contributed by atoms with van der Waals surface area (Å²) in [5, 5.41) is 3.60. The van der Waals surface area contributed by atoms with Gasteiger partial charge in [0.2, 0.25) is 0 Å². The lowest BCUT2D eigenvalue weighted by Gasteiger charge is -2.01. The first kappa shape index (κ1) is 16.0. The van der Waals surface area contributed by atoms with Crippen molar-refractivity contribution in [2.24, 2.45) is 5.11 Å². The Hall–Kier alpha value is -3.51. The number of pyridine rings is 1. The Labute approximate surface area is 148 Å². The van der Waals surface area contributed by atoms with Crippen LogP contribution in [-0.4, -0.2) is 14.4 Å². The minimum atomic E-state index is 0.185. The second-order valence-corrected chi connectivity index (χ2v) is 6.15. The maximum Gasteiger partial charge on any atom is 0.292 e. The molecule has 0 spiro atoms. The smallest absolute Gasteiger partial charge is 0.292 e. The van der Waals surface area contributed by atoms with Crippen LogP contribution in [0.5, 0.6) is 0 Å². The predicted molar refractivity (Wildman–Crippen MR) is 98.6 cm³/mol. The largest absolute Gasteiger partial charge is 0.424 e. The number of nitrogens with zero attached hydrogens (tertiary/aromatic N) is 6. The van der Waals surface area contributed by atoms with Crippen molar-refractivity contribution in [1.29, 1.82) is 0 Å². The van der Waals surface area contributed by atoms with E-state index in [-0.39, 0.29) is 6.01 Å². The van der Waals surface area contributed by atoms with Gasteiger partial charge in [0.15, 0.2) is 5.58 Å². The number of imidazole rings is 1. The quantitative estimate of drug-likeness (QED) is 0.334. The van der Waals surface area contributed by atoms with Gasteiger partial charge in [-0.3, -0.25) is 0 Å². The van der Waals surface area contributed by atoms with Crippen LogP contribution in [0.1, 0.15) is 22.5 Å². The molecule has 0 fully saturated rings. The van der Waals surface area contributed by atoms with E-state index in [4.69, 9.17) is 20.7 Å². The summed E-state index contributed by atoms with van der Waals surface area (Å²) in [6.07, 6.45) is 3.62. The zero-order valence-corrected chi connectivity index (χ0v) is 14.3. The highest BCUT2D eigenvalue weighted by atomic mass is 16.4. The van der Waals surface area contributed by atoms with Gasteiger partial charge in [-0.05, 0) is 60.7 Å². The van der Waals surface area contributed by atoms with Gasteiger partial charge in [-0.1, -0.05) is 11.2 Å². The molecule has 1 aromatic carbocycles. The molecule has 4 rings (SSSR count). The van der Waals surface area contributed by atoms with E-state index in [1.807, 2.05) is 36.5 Å². The van der Waals surface area contributed by atoms with E-state index >= 15 is 0 Å². The molecule has 0 bridgehead atoms. The number of azide groups is 1. The fourth-order valence-electron chi connectivity index (χ4n) is 3.11. The van der Waals surface area contributed by atoms with E-state index in [9.17, 15) is 0 Å². The SMILES string of the molecule is Cc1c(CCc2ccc3nc(N)oc3c2)nc2cc(CN=[N+]=[N-])ccn12. The third kappa shape index (κ3) is 2.94. The Morgan fingerprint density at radius 3 is 2.92 bits per heavy atom. The fourth-order valence-corrected chi connectivity index (χ4v) is 3.11. The summed E-state index contributed by atoms with van der Waals surface area (Å²) in [7, 11) is 0. The van der Waals surface area contributed by atoms with Crippen LogP contribution in [0.4, 0.5) is 6.01 Å². The molecule has 3 aromatic heterocycles. The molecule has 0 aliphatic rings. The molecule has 0 atom stereocenters. The van der Waals surface area contributed by atoms with Crippen LogP contribution >= 0.6 is 0 Å². The summed E-state index contributed by atoms with van der Waals surface area (Å²) in [4.78, 5) is 11.6. The van der Waals surface area contributed by atoms with Crippen LogP contribution in [0.15, 0.2) is 46.1 Å². The van der Waals surface area contributed by atoms with Gasteiger partial charge in [-0.15, -0.1) is 0 Å². The fraction of sp³-hybridized carbons (Fsp3) is 0.222. The lowest BCUT2D eigenvalue weighted by molar-refractivity contribution is 0.625. The summed E-state index contributed by atoms with van der Waals surface area (Å²) in [5.74, 6) is 0. The van der Waals surface area contributed by atoms with Crippen molar-refractivity contribution in [3.63, 3.8) is 0 Å². The van der Waals surface area contributed by atoms with E-state index < -0.39 is 0 Å². The van der Waals surface area contributed by atoms with Crippen LogP contribution in [0.2, 0.25) is 0 Å². The first-order valence-corrected chi connectivity index (χ1v) is 8.26. The highest BCUT2D eigenvalue weighted by Gasteiger charge is 2.10. The molecule has 3 heterocycles. The van der Waals surface area contributed by atoms with Gasteiger partial charge in [0.25, 0.3) is 6.01 Å². The Bertz CT molecular complexity index is 1150. The van der Waals surface area contributed by atoms with E-state index in [0.29, 0.717) is 12.1 Å². The molecule has 4 aromatic rings. The summed E-state index contributed by atoms with van der Waals surface area (Å²) < 4.78 is 7.44. The highest BCUT2D eigenvalue weighted by Crippen LogP contribution is 2.20. The molecule has 0 saturated carbocycles. The van der Waals surface area contributed by atoms with Crippen molar-refractivity contribution in [3.05, 3.63) is 69.5 Å². The van der Waals surface area contributed by atoms with Crippen molar-refractivity contribution < 1.29 is 4.42 Å². The number of oxazole rings is 1. The van der Waals surface area contributed by atoms with Gasteiger partial charge < -0.3 is 14.6 Å². The van der Waals surface area contributed by atoms with Gasteiger partial charge in [-0.2, -0.15) is 4.98 Å². The van der Waals surface area contributed by atoms with Crippen LogP contribution in [-0.2, 0) is 19.4 Å². The molecule has 0 saturated heterocycles. The van der Waals surface area contributed by atoms with Crippen LogP contribution in [0, 0.1) is 6.92 Å². The monoisotopic (exact) mass is 347 g/mol. The van der Waals surface area contributed by atoms with Gasteiger partial charge in [-0.25, -0.2) is 4.98 Å². The third-order valence-corrected chi connectivity index (χ3v) is 4.46. The minimum absolute atomic E-state index is 0.185. The summed E-state index contributed by atoms with van der Waals surface area (Å²) in [6.45, 7) is 2.39. The second-order valence-electron chi connectivity index (χ2n) is 6.15. The number of rotatable bonds is 5. The Morgan fingerprint density at radius 2 is 2.08 bits per heavy atom. The molecule has 0 radical (unpaired) electrons. The number of nitrogen functional groups attached to an aromatic ring is 1. The molecule has 2 N–H and O–H groups in total. The average Bonchev–Trinajstić information content (AvgIpc) is 3.16. The molecule has 0 unspecified atom stereocenters. The molecular formula is C18H17N7O. The first-order chi connectivity index (χ1) is 12.6. The number of nitrogens with two attached hydrogens (primary N) is 1. The van der Waals surface area contributed by atoms with Crippen molar-refractivity contribution in [3.8, 4) is 0 Å². The number of fused-ring (bicyclic) bond motifs is 2. The van der Waals surface area contributed by atoms with Gasteiger partial charge in [0.1, 0.15) is 11.2 Å². The van der Waals surface area contributed by atoms with Crippen LogP contribution in [0.25, 0.3) is 27.2 Å². The Balaban J connectivity index is 1.57. The molecular weight excluding hydrogens is 330 g/mol. The predicted octanol–water partition coefficient (Wildman–Crippen LogP) is 3.96. The molecule has 26 heavy (non-hydrogen) atoms. The zero-order valence-electron chi connectivity index (χ0n) is 14.3. The van der Waals surface area contributed by atoms with Crippen molar-refractivity contribution in [2.45, 2.75) is 26.3 Å². The van der Waals surface area contributed by atoms with Crippen molar-refractivity contribution in [1.82, 2.24) is 14.4 Å². The molecule has 0 aliphatic heterocycles. The number of anilines is 1. The van der Waals surface area contributed by atoms with E-state index in [2.05, 4.69) is 26.3 Å². The Morgan fingerprint density at radius 1 is 1.19 bits per heavy atom. The van der Waals surface area contributed by atoms with Crippen molar-refractivity contribution >= 4 is 22.8 Å². The van der Waals surface area contributed by atoms with E-state index in [1.165, 1.54) is 0 Å². The van der Waals surface area contributed by atoms with E-state index in [0.717, 1.165) is 46.5 Å². The number of aromatic nitrogens is 3. The van der Waals surface area contributed by atoms with Gasteiger partial charge in [0.05, 0.1) is 12.2 Å². The Kier molecular flexibility index (Phi) is 3.95. The normalized spacial score (nSPS) is 11.1. The number of hydrogen-bond acceptors (Lipinski definition) is 5. The van der Waals surface area contributed by atoms with Gasteiger partial charge >= 0.3 is 0 Å². The zero-order chi connectivity index (χ0) is 18.1. The molecule has 0 amide bonds. The average molecular weight is 347 g/mol. The molecule has 8 nitrogen and oxygen atoms in total. The first-order valence-electron chi connectivity index (χ1n) is 8.26. The lowest BCUT2D eigenvalue weighted by Crippen LogP contribution is -1.95.